The molecule has 1 heterocycles. The van der Waals surface area contributed by atoms with Gasteiger partial charge in [0.25, 0.3) is 0 Å². The number of methoxy groups -OCH3 is 1. The molecular formula is C13H18N4O3. The Morgan fingerprint density at radius 3 is 2.60 bits per heavy atom. The zero-order valence-corrected chi connectivity index (χ0v) is 11.7. The SMILES string of the molecule is COC[C@@H](C)N1C[C@H](C(=O)N(CC#N)CC#N)CC1=O. The molecule has 0 spiro atoms. The standard InChI is InChI=1S/C13H18N4O3/c1-10(9-20-2)17-8-11(7-12(17)18)13(19)16(5-3-14)6-4-15/h10-11H,5-9H2,1-2H3/t10-,11-/m1/s1. The minimum atomic E-state index is -0.483. The van der Waals surface area contributed by atoms with Gasteiger partial charge in [-0.15, -0.1) is 0 Å². The molecular weight excluding hydrogens is 260 g/mol. The van der Waals surface area contributed by atoms with E-state index in [2.05, 4.69) is 0 Å². The third-order valence-electron chi connectivity index (χ3n) is 3.28. The molecule has 1 aliphatic rings. The fraction of sp³-hybridized carbons (Fsp3) is 0.692. The van der Waals surface area contributed by atoms with Gasteiger partial charge in [-0.2, -0.15) is 10.5 Å². The van der Waals surface area contributed by atoms with Crippen molar-refractivity contribution in [1.82, 2.24) is 9.80 Å². The Morgan fingerprint density at radius 2 is 2.10 bits per heavy atom. The van der Waals surface area contributed by atoms with Crippen LogP contribution in [0.15, 0.2) is 0 Å². The van der Waals surface area contributed by atoms with Crippen LogP contribution in [0.1, 0.15) is 13.3 Å². The molecule has 0 aromatic heterocycles. The Kier molecular flexibility index (Phi) is 5.95. The van der Waals surface area contributed by atoms with E-state index in [4.69, 9.17) is 15.3 Å². The van der Waals surface area contributed by atoms with E-state index >= 15 is 0 Å². The van der Waals surface area contributed by atoms with Crippen LogP contribution >= 0.6 is 0 Å². The number of nitrogens with zero attached hydrogens (tertiary/aromatic N) is 4. The molecule has 7 heteroatoms. The maximum atomic E-state index is 12.2. The summed E-state index contributed by atoms with van der Waals surface area (Å²) in [4.78, 5) is 26.9. The van der Waals surface area contributed by atoms with Gasteiger partial charge in [0.2, 0.25) is 11.8 Å². The lowest BCUT2D eigenvalue weighted by atomic mass is 10.1. The number of ether oxygens (including phenoxy) is 1. The van der Waals surface area contributed by atoms with Crippen molar-refractivity contribution in [2.75, 3.05) is 33.4 Å². The van der Waals surface area contributed by atoms with Crippen molar-refractivity contribution in [3.63, 3.8) is 0 Å². The van der Waals surface area contributed by atoms with Crippen molar-refractivity contribution in [2.24, 2.45) is 5.92 Å². The largest absolute Gasteiger partial charge is 0.383 e. The van der Waals surface area contributed by atoms with E-state index in [1.54, 1.807) is 12.0 Å². The number of likely N-dealkylation sites (tertiary alicyclic amines) is 1. The summed E-state index contributed by atoms with van der Waals surface area (Å²) in [5, 5.41) is 17.3. The molecule has 0 saturated carbocycles. The van der Waals surface area contributed by atoms with Crippen LogP contribution in [0.3, 0.4) is 0 Å². The normalized spacial score (nSPS) is 19.3. The molecule has 1 rings (SSSR count). The summed E-state index contributed by atoms with van der Waals surface area (Å²) in [5.41, 5.74) is 0. The van der Waals surface area contributed by atoms with Crippen molar-refractivity contribution in [3.05, 3.63) is 0 Å². The Balaban J connectivity index is 2.70. The average Bonchev–Trinajstić information content (AvgIpc) is 2.80. The second-order valence-electron chi connectivity index (χ2n) is 4.76. The van der Waals surface area contributed by atoms with Gasteiger partial charge >= 0.3 is 0 Å². The third-order valence-corrected chi connectivity index (χ3v) is 3.28. The fourth-order valence-corrected chi connectivity index (χ4v) is 2.29. The number of hydrogen-bond donors (Lipinski definition) is 0. The highest BCUT2D eigenvalue weighted by Gasteiger charge is 2.38. The highest BCUT2D eigenvalue weighted by atomic mass is 16.5. The lowest BCUT2D eigenvalue weighted by Gasteiger charge is -2.25. The predicted octanol–water partition coefficient (Wildman–Crippen LogP) is -0.254. The zero-order chi connectivity index (χ0) is 15.1. The molecule has 1 aliphatic heterocycles. The Bertz CT molecular complexity index is 436. The quantitative estimate of drug-likeness (QED) is 0.624. The zero-order valence-electron chi connectivity index (χ0n) is 11.7. The molecule has 2 atom stereocenters. The first kappa shape index (κ1) is 15.9. The average molecular weight is 278 g/mol. The number of hydrogen-bond acceptors (Lipinski definition) is 5. The van der Waals surface area contributed by atoms with Gasteiger partial charge in [0.05, 0.1) is 30.7 Å². The molecule has 0 N–H and O–H groups in total. The molecule has 1 saturated heterocycles. The van der Waals surface area contributed by atoms with Crippen LogP contribution in [0, 0.1) is 28.6 Å². The predicted molar refractivity (Wildman–Crippen MR) is 69.0 cm³/mol. The first-order chi connectivity index (χ1) is 9.54. The Hall–Kier alpha value is -2.12. The molecule has 2 amide bonds. The van der Waals surface area contributed by atoms with Crippen molar-refractivity contribution in [1.29, 1.82) is 10.5 Å². The number of carbonyl (C=O) groups is 2. The molecule has 0 aliphatic carbocycles. The van der Waals surface area contributed by atoms with Gasteiger partial charge in [-0.05, 0) is 6.92 Å². The van der Waals surface area contributed by atoms with E-state index in [1.165, 1.54) is 4.90 Å². The summed E-state index contributed by atoms with van der Waals surface area (Å²) in [7, 11) is 1.56. The van der Waals surface area contributed by atoms with Crippen LogP contribution in [-0.2, 0) is 14.3 Å². The second kappa shape index (κ2) is 7.46. The van der Waals surface area contributed by atoms with Crippen LogP contribution in [0.25, 0.3) is 0 Å². The maximum absolute atomic E-state index is 12.2. The molecule has 7 nitrogen and oxygen atoms in total. The molecule has 20 heavy (non-hydrogen) atoms. The highest BCUT2D eigenvalue weighted by Crippen LogP contribution is 2.22. The van der Waals surface area contributed by atoms with Crippen molar-refractivity contribution >= 4 is 11.8 Å². The van der Waals surface area contributed by atoms with Gasteiger partial charge in [-0.3, -0.25) is 9.59 Å². The summed E-state index contributed by atoms with van der Waals surface area (Å²) < 4.78 is 5.01. The molecule has 0 aromatic carbocycles. The monoisotopic (exact) mass is 278 g/mol. The van der Waals surface area contributed by atoms with Crippen LogP contribution in [0.5, 0.6) is 0 Å². The number of rotatable bonds is 6. The van der Waals surface area contributed by atoms with E-state index in [0.717, 1.165) is 0 Å². The van der Waals surface area contributed by atoms with E-state index in [1.807, 2.05) is 19.1 Å². The van der Waals surface area contributed by atoms with Gasteiger partial charge in [0, 0.05) is 20.1 Å². The summed E-state index contributed by atoms with van der Waals surface area (Å²) >= 11 is 0. The lowest BCUT2D eigenvalue weighted by molar-refractivity contribution is -0.134. The van der Waals surface area contributed by atoms with Crippen molar-refractivity contribution in [2.45, 2.75) is 19.4 Å². The van der Waals surface area contributed by atoms with Crippen molar-refractivity contribution < 1.29 is 14.3 Å². The number of amides is 2. The molecule has 0 bridgehead atoms. The van der Waals surface area contributed by atoms with Crippen LogP contribution < -0.4 is 0 Å². The third kappa shape index (κ3) is 3.69. The topological polar surface area (TPSA) is 97.4 Å². The van der Waals surface area contributed by atoms with Crippen LogP contribution in [0.4, 0.5) is 0 Å². The van der Waals surface area contributed by atoms with Crippen molar-refractivity contribution in [3.8, 4) is 12.1 Å². The summed E-state index contributed by atoms with van der Waals surface area (Å²) in [5.74, 6) is -0.890. The minimum Gasteiger partial charge on any atom is -0.383 e. The Labute approximate surface area is 118 Å². The summed E-state index contributed by atoms with van der Waals surface area (Å²) in [6, 6.07) is 3.62. The maximum Gasteiger partial charge on any atom is 0.229 e. The van der Waals surface area contributed by atoms with Gasteiger partial charge < -0.3 is 14.5 Å². The molecule has 1 fully saturated rings. The van der Waals surface area contributed by atoms with Crippen LogP contribution in [-0.4, -0.2) is 61.0 Å². The highest BCUT2D eigenvalue weighted by molar-refractivity contribution is 5.89. The lowest BCUT2D eigenvalue weighted by Crippen LogP contribution is -2.40. The van der Waals surface area contributed by atoms with Gasteiger partial charge in [-0.25, -0.2) is 0 Å². The summed E-state index contributed by atoms with van der Waals surface area (Å²) in [6.45, 7) is 2.31. The molecule has 0 radical (unpaired) electrons. The summed E-state index contributed by atoms with van der Waals surface area (Å²) in [6.07, 6.45) is 0.125. The van der Waals surface area contributed by atoms with E-state index in [9.17, 15) is 9.59 Å². The van der Waals surface area contributed by atoms with E-state index in [-0.39, 0.29) is 37.4 Å². The van der Waals surface area contributed by atoms with Gasteiger partial charge in [0.15, 0.2) is 0 Å². The first-order valence-corrected chi connectivity index (χ1v) is 6.36. The molecule has 108 valence electrons. The Morgan fingerprint density at radius 1 is 1.50 bits per heavy atom. The first-order valence-electron chi connectivity index (χ1n) is 6.36. The number of nitriles is 2. The van der Waals surface area contributed by atoms with Gasteiger partial charge in [-0.1, -0.05) is 0 Å². The van der Waals surface area contributed by atoms with E-state index in [0.29, 0.717) is 13.2 Å². The molecule has 0 unspecified atom stereocenters. The minimum absolute atomic E-state index is 0.0920. The number of carbonyl (C=O) groups excluding carboxylic acids is 2. The van der Waals surface area contributed by atoms with Gasteiger partial charge in [0.1, 0.15) is 13.1 Å². The van der Waals surface area contributed by atoms with Crippen LogP contribution in [0.2, 0.25) is 0 Å². The second-order valence-corrected chi connectivity index (χ2v) is 4.76. The van der Waals surface area contributed by atoms with E-state index < -0.39 is 5.92 Å². The molecule has 0 aromatic rings. The smallest absolute Gasteiger partial charge is 0.229 e. The fourth-order valence-electron chi connectivity index (χ4n) is 2.29.